The van der Waals surface area contributed by atoms with Gasteiger partial charge in [-0.05, 0) is 112 Å². The van der Waals surface area contributed by atoms with Gasteiger partial charge < -0.3 is 126 Å². The van der Waals surface area contributed by atoms with Gasteiger partial charge in [-0.2, -0.15) is 0 Å². The second-order valence-electron chi connectivity index (χ2n) is 32.9. The molecule has 4 aliphatic heterocycles. The highest BCUT2D eigenvalue weighted by atomic mass is 32.2. The molecular weight excluding hydrogens is 1690 g/mol. The topological polar surface area (TPSA) is 649 Å². The molecule has 15 atom stereocenters. The van der Waals surface area contributed by atoms with Gasteiger partial charge in [0.1, 0.15) is 90.5 Å². The first kappa shape index (κ1) is 100. The minimum atomic E-state index is -1.87. The van der Waals surface area contributed by atoms with Crippen molar-refractivity contribution in [3.8, 4) is 5.75 Å². The summed E-state index contributed by atoms with van der Waals surface area (Å²) in [6, 6.07) is -1.13. The van der Waals surface area contributed by atoms with Gasteiger partial charge in [0.15, 0.2) is 0 Å². The fourth-order valence-corrected chi connectivity index (χ4v) is 17.6. The summed E-state index contributed by atoms with van der Waals surface area (Å²) in [4.78, 5) is 258. The van der Waals surface area contributed by atoms with E-state index in [0.29, 0.717) is 64.2 Å². The number of nitrogens with two attached hydrogens (primary N) is 5. The Hall–Kier alpha value is -12.3. The number of amides is 16. The number of unbranched alkanes of at least 4 members (excludes halogenated alkanes) is 2. The number of fused-ring (bicyclic) bond motifs is 5. The van der Waals surface area contributed by atoms with Crippen molar-refractivity contribution >= 4 is 134 Å². The third-order valence-corrected chi connectivity index (χ3v) is 24.7. The Labute approximate surface area is 749 Å². The van der Waals surface area contributed by atoms with E-state index in [4.69, 9.17) is 28.7 Å². The number of aliphatic hydroxyl groups excluding tert-OH is 1. The molecule has 0 aliphatic carbocycles. The standard InChI is InChI=1S/C86H122N22O20S/c1-5-7-20-64-78(120)101-62(41-89)77(119)103-63(73(115)94-44-70(91)111)45-129-46-71(112)95-58(36-47-25-27-50(109)28-26-47)84(126)107-34-14-23-66(107)80(122)100-60(39-72(113)114)85(127)108-35-15-24-67(108)81(123)102-61(40-88)76(118)97-56(29-30-69(90)110)83(125)106-33-13-22-65(106)79(121)98-57(37-48-42-92-53-18-11-9-16-51(48)53)75(117)96-55(31-32-87)74(116)99-59(38-49-43-93-54-19-12-10-17-52(49)54)82(124)105(4)68(21-8-6-2)86(128)104(64)3/h9-12,16-19,25-28,42-43,55-68,73,92-94,109,115H,5-8,13-15,20-24,29-41,44-46,87-89H2,1-4H3,(H2,90,110)(H2,91,111)(H,95,112)(H,96,117)(H,97,118)(H,98,121)(H,99,116)(H,100,122)(H,101,120)(H,102,123)(H,103,119)(H,113,114). The molecule has 25 N–H and O–H groups in total. The molecule has 129 heavy (non-hydrogen) atoms. The van der Waals surface area contributed by atoms with Crippen LogP contribution in [0.3, 0.4) is 0 Å². The van der Waals surface area contributed by atoms with Crippen molar-refractivity contribution < 1.29 is 96.8 Å². The number of likely N-dealkylation sites (N-methyl/N-ethyl adjacent to an activating group) is 2. The third-order valence-electron chi connectivity index (χ3n) is 23.7. The number of nitrogens with one attached hydrogen (secondary N) is 12. The molecule has 0 radical (unpaired) electrons. The van der Waals surface area contributed by atoms with Crippen LogP contribution in [-0.2, 0) is 101 Å². The lowest BCUT2D eigenvalue weighted by Gasteiger charge is -2.36. The maximum Gasteiger partial charge on any atom is 0.305 e. The number of thioether (sulfide) groups is 1. The number of H-pyrrole nitrogens is 2. The van der Waals surface area contributed by atoms with Crippen molar-refractivity contribution in [2.75, 3.05) is 71.4 Å². The van der Waals surface area contributed by atoms with Crippen molar-refractivity contribution in [3.05, 3.63) is 102 Å². The first-order chi connectivity index (χ1) is 61.7. The smallest absolute Gasteiger partial charge is 0.305 e. The number of aliphatic hydroxyl groups is 1. The van der Waals surface area contributed by atoms with Crippen molar-refractivity contribution in [2.24, 2.45) is 28.7 Å². The van der Waals surface area contributed by atoms with Gasteiger partial charge in [-0.15, -0.1) is 11.8 Å². The molecule has 6 heterocycles. The number of aromatic amines is 2. The van der Waals surface area contributed by atoms with E-state index < -0.39 is 236 Å². The summed E-state index contributed by atoms with van der Waals surface area (Å²) in [5.41, 5.74) is 32.5. The Morgan fingerprint density at radius 2 is 0.922 bits per heavy atom. The number of nitrogens with zero attached hydrogens (tertiary/aromatic N) is 5. The predicted octanol–water partition coefficient (Wildman–Crippen LogP) is -4.10. The zero-order valence-corrected chi connectivity index (χ0v) is 73.7. The van der Waals surface area contributed by atoms with Gasteiger partial charge >= 0.3 is 5.97 Å². The molecule has 4 saturated heterocycles. The molecule has 702 valence electrons. The monoisotopic (exact) mass is 1810 g/mol. The largest absolute Gasteiger partial charge is 0.508 e. The average molecular weight is 1820 g/mol. The van der Waals surface area contributed by atoms with E-state index in [-0.39, 0.29) is 115 Å². The van der Waals surface area contributed by atoms with E-state index in [9.17, 15) is 68.1 Å². The Balaban J connectivity index is 1.07. The van der Waals surface area contributed by atoms with E-state index in [2.05, 4.69) is 63.1 Å². The fourth-order valence-electron chi connectivity index (χ4n) is 16.7. The second kappa shape index (κ2) is 48.2. The molecule has 0 bridgehead atoms. The van der Waals surface area contributed by atoms with E-state index in [1.165, 1.54) is 43.3 Å². The summed E-state index contributed by atoms with van der Waals surface area (Å²) in [5, 5.41) is 59.8. The van der Waals surface area contributed by atoms with Gasteiger partial charge in [0.05, 0.1) is 24.8 Å². The molecule has 0 saturated carbocycles. The molecule has 16 amide bonds. The fraction of sp³-hybridized carbons (Fsp3) is 0.547. The van der Waals surface area contributed by atoms with Gasteiger partial charge in [-0.25, -0.2) is 0 Å². The molecule has 43 heteroatoms. The van der Waals surface area contributed by atoms with E-state index in [1.54, 1.807) is 60.9 Å². The van der Waals surface area contributed by atoms with Crippen LogP contribution >= 0.6 is 11.8 Å². The number of hydrogen-bond acceptors (Lipinski definition) is 24. The number of aromatic nitrogens is 2. The zero-order valence-electron chi connectivity index (χ0n) is 72.9. The summed E-state index contributed by atoms with van der Waals surface area (Å²) < 4.78 is 0. The average Bonchev–Trinajstić information content (AvgIpc) is 1.77. The zero-order chi connectivity index (χ0) is 93.9. The normalized spacial score (nSPS) is 25.5. The lowest BCUT2D eigenvalue weighted by Crippen LogP contribution is -2.62. The van der Waals surface area contributed by atoms with Crippen LogP contribution in [0.1, 0.15) is 133 Å². The van der Waals surface area contributed by atoms with E-state index in [0.717, 1.165) is 31.4 Å². The highest BCUT2D eigenvalue weighted by Gasteiger charge is 2.46. The number of primary amides is 2. The Bertz CT molecular complexity index is 4840. The van der Waals surface area contributed by atoms with Crippen molar-refractivity contribution in [2.45, 2.75) is 227 Å². The molecule has 4 fully saturated rings. The second-order valence-corrected chi connectivity index (χ2v) is 33.9. The number of rotatable bonds is 25. The lowest BCUT2D eigenvalue weighted by molar-refractivity contribution is -0.149. The number of aliphatic carboxylic acids is 1. The number of aromatic hydroxyl groups is 1. The van der Waals surface area contributed by atoms with Crippen molar-refractivity contribution in [3.63, 3.8) is 0 Å². The SMILES string of the molecule is CCCCC1C(=O)N(C)C(CCCC)C(=O)NC(CN)C(=O)NC(C(O)NCC(N)=O)CSCC(=O)NC(Cc2ccc(O)cc2)C(=O)N2CCCC2C(=O)NC(CC(=O)O)C(=O)N2CCCC2C(=O)NC(CN)C(=O)NC(CCC(N)=O)C(=O)N2CCCC2C(=O)NC(Cc2c[nH]c3ccccc23)C(=O)NC(CCN)C(=O)NC(Cc2c[nH]c3ccccc23)C(=O)N1C. The minimum Gasteiger partial charge on any atom is -0.508 e. The third kappa shape index (κ3) is 27.1. The maximum absolute atomic E-state index is 15.7. The number of hydrogen-bond donors (Lipinski definition) is 20. The van der Waals surface area contributed by atoms with E-state index >= 15 is 28.8 Å². The van der Waals surface area contributed by atoms with Crippen LogP contribution in [0.5, 0.6) is 5.75 Å². The number of carbonyl (C=O) groups excluding carboxylic acids is 16. The first-order valence-corrected chi connectivity index (χ1v) is 44.8. The Morgan fingerprint density at radius 1 is 0.481 bits per heavy atom. The van der Waals surface area contributed by atoms with Gasteiger partial charge in [-0.3, -0.25) is 86.8 Å². The molecule has 15 unspecified atom stereocenters. The number of carbonyl (C=O) groups is 17. The molecule has 4 aliphatic rings. The summed E-state index contributed by atoms with van der Waals surface area (Å²) in [6.07, 6.45) is 0.956. The van der Waals surface area contributed by atoms with Crippen LogP contribution < -0.4 is 81.8 Å². The molecule has 42 nitrogen and oxygen atoms in total. The highest BCUT2D eigenvalue weighted by Crippen LogP contribution is 2.29. The first-order valence-electron chi connectivity index (χ1n) is 43.6. The predicted molar refractivity (Wildman–Crippen MR) is 473 cm³/mol. The lowest BCUT2D eigenvalue weighted by atomic mass is 10.00. The van der Waals surface area contributed by atoms with Crippen molar-refractivity contribution in [1.29, 1.82) is 0 Å². The summed E-state index contributed by atoms with van der Waals surface area (Å²) >= 11 is 0.827. The summed E-state index contributed by atoms with van der Waals surface area (Å²) in [5.74, 6) is -16.9. The number of carboxylic acids is 1. The van der Waals surface area contributed by atoms with Crippen LogP contribution in [0.4, 0.5) is 0 Å². The maximum atomic E-state index is 15.7. The van der Waals surface area contributed by atoms with Gasteiger partial charge in [0.25, 0.3) is 0 Å². The van der Waals surface area contributed by atoms with Crippen molar-refractivity contribution in [1.82, 2.24) is 87.6 Å². The molecule has 5 aromatic rings. The highest BCUT2D eigenvalue weighted by molar-refractivity contribution is 8.00. The Kier molecular flexibility index (Phi) is 37.5. The van der Waals surface area contributed by atoms with Crippen LogP contribution in [0, 0.1) is 0 Å². The number of benzene rings is 3. The van der Waals surface area contributed by atoms with Crippen LogP contribution in [0.2, 0.25) is 0 Å². The van der Waals surface area contributed by atoms with Crippen LogP contribution in [0.25, 0.3) is 21.8 Å². The van der Waals surface area contributed by atoms with Crippen LogP contribution in [0.15, 0.2) is 85.2 Å². The number of phenolic OH excluding ortho intramolecular Hbond substituents is 1. The van der Waals surface area contributed by atoms with Gasteiger partial charge in [0.2, 0.25) is 94.5 Å². The summed E-state index contributed by atoms with van der Waals surface area (Å²) in [7, 11) is 2.74. The van der Waals surface area contributed by atoms with Gasteiger partial charge in [-0.1, -0.05) is 88.1 Å². The molecular formula is C86H122N22O20S. The number of carboxylic acid groups (broad SMARTS) is 1. The molecule has 2 aromatic heterocycles. The van der Waals surface area contributed by atoms with E-state index in [1.807, 2.05) is 13.8 Å². The quantitative estimate of drug-likeness (QED) is 0.0247. The summed E-state index contributed by atoms with van der Waals surface area (Å²) in [6.45, 7) is 1.35. The molecule has 0 spiro atoms. The van der Waals surface area contributed by atoms with Gasteiger partial charge in [0, 0.05) is 112 Å². The number of para-hydroxylation sites is 2. The minimum absolute atomic E-state index is 0.00594. The molecule has 3 aromatic carbocycles. The van der Waals surface area contributed by atoms with Crippen LogP contribution in [-0.4, -0.2) is 312 Å². The Morgan fingerprint density at radius 3 is 1.44 bits per heavy atom. The molecule has 9 rings (SSSR count). The number of phenols is 1.